The van der Waals surface area contributed by atoms with Crippen molar-refractivity contribution in [3.63, 3.8) is 0 Å². The minimum atomic E-state index is -3.53. The zero-order valence-electron chi connectivity index (χ0n) is 16.3. The van der Waals surface area contributed by atoms with Gasteiger partial charge in [-0.3, -0.25) is 0 Å². The van der Waals surface area contributed by atoms with Crippen LogP contribution in [0.3, 0.4) is 0 Å². The second-order valence-corrected chi connectivity index (χ2v) is 8.25. The van der Waals surface area contributed by atoms with E-state index >= 15 is 0 Å². The lowest BCUT2D eigenvalue weighted by atomic mass is 9.90. The molecule has 0 amide bonds. The Kier molecular flexibility index (Phi) is 5.36. The highest BCUT2D eigenvalue weighted by molar-refractivity contribution is 5.45. The normalized spacial score (nSPS) is 26.4. The molecule has 2 aromatic rings. The van der Waals surface area contributed by atoms with Crippen LogP contribution in [-0.4, -0.2) is 40.1 Å². The monoisotopic (exact) mass is 404 g/mol. The molecule has 2 aliphatic rings. The zero-order chi connectivity index (χ0) is 20.8. The molecule has 1 aliphatic carbocycles. The summed E-state index contributed by atoms with van der Waals surface area (Å²) < 4.78 is 33.3. The van der Waals surface area contributed by atoms with Crippen LogP contribution in [0.5, 0.6) is 5.75 Å². The van der Waals surface area contributed by atoms with Crippen molar-refractivity contribution in [2.45, 2.75) is 62.8 Å². The summed E-state index contributed by atoms with van der Waals surface area (Å²) in [6.45, 7) is 0.978. The summed E-state index contributed by atoms with van der Waals surface area (Å²) in [4.78, 5) is 0. The van der Waals surface area contributed by atoms with Gasteiger partial charge in [0.05, 0.1) is 12.7 Å². The van der Waals surface area contributed by atoms with E-state index in [0.717, 1.165) is 16.7 Å². The van der Waals surface area contributed by atoms with E-state index in [1.54, 1.807) is 12.1 Å². The predicted molar refractivity (Wildman–Crippen MR) is 104 cm³/mol. The Labute approximate surface area is 168 Å². The molecule has 1 heterocycles. The molecule has 4 nitrogen and oxygen atoms in total. The van der Waals surface area contributed by atoms with Gasteiger partial charge in [0.1, 0.15) is 18.0 Å². The van der Waals surface area contributed by atoms with Crippen LogP contribution in [0.25, 0.3) is 0 Å². The van der Waals surface area contributed by atoms with E-state index in [-0.39, 0.29) is 12.2 Å². The maximum atomic E-state index is 14.0. The fourth-order valence-corrected chi connectivity index (χ4v) is 4.03. The highest BCUT2D eigenvalue weighted by Crippen LogP contribution is 2.43. The van der Waals surface area contributed by atoms with Crippen molar-refractivity contribution in [2.75, 3.05) is 6.61 Å². The predicted octanol–water partition coefficient (Wildman–Crippen LogP) is 3.99. The van der Waals surface area contributed by atoms with Gasteiger partial charge in [-0.05, 0) is 66.5 Å². The summed E-state index contributed by atoms with van der Waals surface area (Å²) in [6.07, 6.45) is -1.89. The first-order valence-corrected chi connectivity index (χ1v) is 10.0. The van der Waals surface area contributed by atoms with E-state index in [0.29, 0.717) is 17.9 Å². The number of aromatic hydroxyl groups is 1. The van der Waals surface area contributed by atoms with Gasteiger partial charge in [-0.2, -0.15) is 0 Å². The summed E-state index contributed by atoms with van der Waals surface area (Å²) in [5.74, 6) is -2.90. The zero-order valence-corrected chi connectivity index (χ0v) is 16.3. The van der Waals surface area contributed by atoms with Crippen molar-refractivity contribution in [1.29, 1.82) is 0 Å². The quantitative estimate of drug-likeness (QED) is 0.705. The Morgan fingerprint density at radius 3 is 2.45 bits per heavy atom. The standard InChI is InChI=1S/C23H26F2O4/c1-13-8-19(27)18(20-11-21(28)23(24,25)22(12-26)29-20)10-17(13)9-14-2-4-15(5-3-14)16-6-7-16/h2-5,8,10,16,20-22,26-28H,6-7,9,11-12H2,1H3. The first-order chi connectivity index (χ1) is 13.8. The number of phenols is 1. The molecule has 2 fully saturated rings. The number of alkyl halides is 2. The van der Waals surface area contributed by atoms with Crippen LogP contribution in [-0.2, 0) is 11.2 Å². The van der Waals surface area contributed by atoms with Gasteiger partial charge in [0.15, 0.2) is 0 Å². The van der Waals surface area contributed by atoms with Crippen LogP contribution in [0.15, 0.2) is 36.4 Å². The molecular formula is C23H26F2O4. The summed E-state index contributed by atoms with van der Waals surface area (Å²) in [6, 6.07) is 11.9. The van der Waals surface area contributed by atoms with Gasteiger partial charge >= 0.3 is 5.92 Å². The summed E-state index contributed by atoms with van der Waals surface area (Å²) in [5, 5.41) is 29.5. The minimum absolute atomic E-state index is 0.0607. The van der Waals surface area contributed by atoms with Crippen molar-refractivity contribution in [2.24, 2.45) is 0 Å². The molecular weight excluding hydrogens is 378 g/mol. The van der Waals surface area contributed by atoms with Gasteiger partial charge in [-0.15, -0.1) is 0 Å². The van der Waals surface area contributed by atoms with Gasteiger partial charge in [0, 0.05) is 12.0 Å². The molecule has 1 saturated heterocycles. The van der Waals surface area contributed by atoms with E-state index < -0.39 is 30.8 Å². The molecule has 3 unspecified atom stereocenters. The van der Waals surface area contributed by atoms with E-state index in [2.05, 4.69) is 24.3 Å². The molecule has 1 aliphatic heterocycles. The Bertz CT molecular complexity index is 877. The van der Waals surface area contributed by atoms with E-state index in [1.807, 2.05) is 6.92 Å². The maximum Gasteiger partial charge on any atom is 0.301 e. The number of halogens is 2. The summed E-state index contributed by atoms with van der Waals surface area (Å²) in [5.41, 5.74) is 4.68. The third-order valence-corrected chi connectivity index (χ3v) is 6.06. The molecule has 4 rings (SSSR count). The number of hydrogen-bond acceptors (Lipinski definition) is 4. The number of aliphatic hydroxyl groups is 2. The number of rotatable bonds is 5. The Morgan fingerprint density at radius 2 is 1.83 bits per heavy atom. The molecule has 29 heavy (non-hydrogen) atoms. The largest absolute Gasteiger partial charge is 0.508 e. The second kappa shape index (κ2) is 7.67. The SMILES string of the molecule is Cc1cc(O)c(C2CC(O)C(F)(F)C(CO)O2)cc1Cc1ccc(C2CC2)cc1. The van der Waals surface area contributed by atoms with Crippen molar-refractivity contribution in [1.82, 2.24) is 0 Å². The van der Waals surface area contributed by atoms with Crippen molar-refractivity contribution in [3.05, 3.63) is 64.2 Å². The minimum Gasteiger partial charge on any atom is -0.508 e. The third-order valence-electron chi connectivity index (χ3n) is 6.06. The molecule has 1 saturated carbocycles. The summed E-state index contributed by atoms with van der Waals surface area (Å²) in [7, 11) is 0. The number of ether oxygens (including phenoxy) is 1. The van der Waals surface area contributed by atoms with E-state index in [9.17, 15) is 24.1 Å². The number of aryl methyl sites for hydroxylation is 1. The van der Waals surface area contributed by atoms with Gasteiger partial charge in [0.25, 0.3) is 0 Å². The first kappa shape index (κ1) is 20.3. The average Bonchev–Trinajstić information content (AvgIpc) is 3.52. The van der Waals surface area contributed by atoms with Gasteiger partial charge in [-0.25, -0.2) is 8.78 Å². The molecule has 2 aromatic carbocycles. The molecule has 3 atom stereocenters. The average molecular weight is 404 g/mol. The van der Waals surface area contributed by atoms with Gasteiger partial charge < -0.3 is 20.1 Å². The highest BCUT2D eigenvalue weighted by atomic mass is 19.3. The van der Waals surface area contributed by atoms with Crippen molar-refractivity contribution in [3.8, 4) is 5.75 Å². The van der Waals surface area contributed by atoms with Gasteiger partial charge in [0.2, 0.25) is 0 Å². The number of benzene rings is 2. The van der Waals surface area contributed by atoms with Crippen LogP contribution in [0.2, 0.25) is 0 Å². The highest BCUT2D eigenvalue weighted by Gasteiger charge is 2.53. The number of phenolic OH excluding ortho intramolecular Hbond substituents is 1. The molecule has 0 spiro atoms. The first-order valence-electron chi connectivity index (χ1n) is 10.0. The molecule has 0 radical (unpaired) electrons. The van der Waals surface area contributed by atoms with Crippen LogP contribution in [0.1, 0.15) is 59.1 Å². The third kappa shape index (κ3) is 4.02. The molecule has 3 N–H and O–H groups in total. The molecule has 156 valence electrons. The van der Waals surface area contributed by atoms with Gasteiger partial charge in [-0.1, -0.05) is 24.3 Å². The number of aliphatic hydroxyl groups excluding tert-OH is 2. The lowest BCUT2D eigenvalue weighted by Gasteiger charge is -2.39. The fourth-order valence-electron chi connectivity index (χ4n) is 4.03. The van der Waals surface area contributed by atoms with E-state index in [4.69, 9.17) is 4.74 Å². The van der Waals surface area contributed by atoms with Crippen LogP contribution >= 0.6 is 0 Å². The lowest BCUT2D eigenvalue weighted by molar-refractivity contribution is -0.259. The van der Waals surface area contributed by atoms with Crippen molar-refractivity contribution >= 4 is 0 Å². The Balaban J connectivity index is 1.58. The molecule has 6 heteroatoms. The second-order valence-electron chi connectivity index (χ2n) is 8.25. The number of hydrogen-bond donors (Lipinski definition) is 3. The topological polar surface area (TPSA) is 69.9 Å². The van der Waals surface area contributed by atoms with Crippen LogP contribution < -0.4 is 0 Å². The molecule has 0 bridgehead atoms. The van der Waals surface area contributed by atoms with Crippen LogP contribution in [0, 0.1) is 6.92 Å². The summed E-state index contributed by atoms with van der Waals surface area (Å²) >= 11 is 0. The van der Waals surface area contributed by atoms with E-state index in [1.165, 1.54) is 18.4 Å². The van der Waals surface area contributed by atoms with Crippen molar-refractivity contribution < 1.29 is 28.8 Å². The smallest absolute Gasteiger partial charge is 0.301 e. The molecule has 0 aromatic heterocycles. The Hall–Kier alpha value is -2.02. The van der Waals surface area contributed by atoms with Crippen LogP contribution in [0.4, 0.5) is 8.78 Å². The Morgan fingerprint density at radius 1 is 1.14 bits per heavy atom. The maximum absolute atomic E-state index is 14.0. The lowest BCUT2D eigenvalue weighted by Crippen LogP contribution is -2.53. The fraction of sp³-hybridized carbons (Fsp3) is 0.478.